The first-order chi connectivity index (χ1) is 11.6. The maximum absolute atomic E-state index is 10.2. The highest BCUT2D eigenvalue weighted by Gasteiger charge is 2.08. The average molecular weight is 335 g/mol. The number of phenolic OH excluding ortho intramolecular Hbond substituents is 1. The number of hydrogen-bond acceptors (Lipinski definition) is 3. The molecule has 0 heterocycles. The molecule has 0 fully saturated rings. The fourth-order valence-electron chi connectivity index (χ4n) is 2.51. The monoisotopic (exact) mass is 335 g/mol. The fourth-order valence-corrected chi connectivity index (χ4v) is 2.66. The third-order valence-corrected chi connectivity index (χ3v) is 4.00. The van der Waals surface area contributed by atoms with Crippen LogP contribution < -0.4 is 5.32 Å². The van der Waals surface area contributed by atoms with Gasteiger partial charge in [0.2, 0.25) is 5.11 Å². The molecule has 120 valence electrons. The summed E-state index contributed by atoms with van der Waals surface area (Å²) in [6.45, 7) is 3.84. The molecule has 0 unspecified atom stereocenters. The zero-order valence-electron chi connectivity index (χ0n) is 13.4. The highest BCUT2D eigenvalue weighted by Crippen LogP contribution is 2.35. The third kappa shape index (κ3) is 3.26. The van der Waals surface area contributed by atoms with Gasteiger partial charge in [0.25, 0.3) is 0 Å². The SMILES string of the molecule is Cc1ccccc1NC(=S)N=Nc1cc(C)c(O)c2ccccc12. The van der Waals surface area contributed by atoms with Crippen molar-refractivity contribution in [1.82, 2.24) is 0 Å². The predicted molar refractivity (Wildman–Crippen MR) is 102 cm³/mol. The maximum atomic E-state index is 10.2. The van der Waals surface area contributed by atoms with Crippen molar-refractivity contribution in [3.63, 3.8) is 0 Å². The summed E-state index contributed by atoms with van der Waals surface area (Å²) in [6, 6.07) is 17.2. The zero-order chi connectivity index (χ0) is 17.1. The molecule has 3 aromatic carbocycles. The number of benzene rings is 3. The van der Waals surface area contributed by atoms with Crippen molar-refractivity contribution in [3.8, 4) is 5.75 Å². The number of anilines is 1. The smallest absolute Gasteiger partial charge is 0.218 e. The molecule has 0 saturated carbocycles. The van der Waals surface area contributed by atoms with Gasteiger partial charge in [-0.15, -0.1) is 10.2 Å². The van der Waals surface area contributed by atoms with E-state index in [0.717, 1.165) is 27.6 Å². The van der Waals surface area contributed by atoms with E-state index in [-0.39, 0.29) is 5.75 Å². The Hall–Kier alpha value is -2.79. The van der Waals surface area contributed by atoms with Gasteiger partial charge < -0.3 is 10.4 Å². The lowest BCUT2D eigenvalue weighted by Gasteiger charge is -2.08. The van der Waals surface area contributed by atoms with E-state index in [4.69, 9.17) is 12.2 Å². The van der Waals surface area contributed by atoms with Gasteiger partial charge in [0.1, 0.15) is 5.75 Å². The number of nitrogens with one attached hydrogen (secondary N) is 1. The van der Waals surface area contributed by atoms with Gasteiger partial charge in [-0.1, -0.05) is 42.5 Å². The number of azo groups is 1. The van der Waals surface area contributed by atoms with E-state index in [1.807, 2.05) is 62.4 Å². The van der Waals surface area contributed by atoms with Gasteiger partial charge in [-0.2, -0.15) is 0 Å². The fraction of sp³-hybridized carbons (Fsp3) is 0.105. The van der Waals surface area contributed by atoms with Crippen LogP contribution in [0, 0.1) is 13.8 Å². The molecule has 0 radical (unpaired) electrons. The normalized spacial score (nSPS) is 11.1. The van der Waals surface area contributed by atoms with Crippen LogP contribution in [0.5, 0.6) is 5.75 Å². The quantitative estimate of drug-likeness (QED) is 0.470. The van der Waals surface area contributed by atoms with Crippen molar-refractivity contribution in [2.24, 2.45) is 10.2 Å². The Labute approximate surface area is 145 Å². The van der Waals surface area contributed by atoms with Gasteiger partial charge in [-0.25, -0.2) is 0 Å². The summed E-state index contributed by atoms with van der Waals surface area (Å²) in [4.78, 5) is 0. The summed E-state index contributed by atoms with van der Waals surface area (Å²) in [5.41, 5.74) is 3.42. The van der Waals surface area contributed by atoms with E-state index in [1.54, 1.807) is 6.07 Å². The molecule has 0 atom stereocenters. The minimum Gasteiger partial charge on any atom is -0.507 e. The molecule has 0 aromatic heterocycles. The summed E-state index contributed by atoms with van der Waals surface area (Å²) in [6.07, 6.45) is 0. The highest BCUT2D eigenvalue weighted by molar-refractivity contribution is 7.80. The molecular weight excluding hydrogens is 318 g/mol. The van der Waals surface area contributed by atoms with Crippen molar-refractivity contribution < 1.29 is 5.11 Å². The molecule has 24 heavy (non-hydrogen) atoms. The first-order valence-corrected chi connectivity index (χ1v) is 7.97. The van der Waals surface area contributed by atoms with Crippen LogP contribution in [0.2, 0.25) is 0 Å². The van der Waals surface area contributed by atoms with Crippen LogP contribution in [0.25, 0.3) is 10.8 Å². The van der Waals surface area contributed by atoms with Crippen molar-refractivity contribution in [2.45, 2.75) is 13.8 Å². The van der Waals surface area contributed by atoms with Gasteiger partial charge in [-0.3, -0.25) is 0 Å². The topological polar surface area (TPSA) is 57.0 Å². The molecule has 5 heteroatoms. The van der Waals surface area contributed by atoms with E-state index in [2.05, 4.69) is 15.5 Å². The van der Waals surface area contributed by atoms with Gasteiger partial charge in [0.15, 0.2) is 0 Å². The number of para-hydroxylation sites is 1. The summed E-state index contributed by atoms with van der Waals surface area (Å²) in [7, 11) is 0. The molecule has 0 amide bonds. The number of nitrogens with zero attached hydrogens (tertiary/aromatic N) is 2. The number of thiocarbonyl (C=S) groups is 1. The Morgan fingerprint density at radius 2 is 1.62 bits per heavy atom. The number of aryl methyl sites for hydroxylation is 2. The van der Waals surface area contributed by atoms with Crippen molar-refractivity contribution >= 4 is 39.5 Å². The lowest BCUT2D eigenvalue weighted by molar-refractivity contribution is 0.477. The number of hydrogen-bond donors (Lipinski definition) is 2. The Morgan fingerprint density at radius 1 is 0.958 bits per heavy atom. The molecule has 0 aliphatic heterocycles. The maximum Gasteiger partial charge on any atom is 0.218 e. The Bertz CT molecular complexity index is 950. The van der Waals surface area contributed by atoms with Crippen molar-refractivity contribution in [1.29, 1.82) is 0 Å². The second kappa shape index (κ2) is 6.76. The lowest BCUT2D eigenvalue weighted by Crippen LogP contribution is -2.06. The Morgan fingerprint density at radius 3 is 2.38 bits per heavy atom. The number of rotatable bonds is 2. The van der Waals surface area contributed by atoms with Crippen LogP contribution in [-0.2, 0) is 0 Å². The first-order valence-electron chi connectivity index (χ1n) is 7.56. The predicted octanol–water partition coefficient (Wildman–Crippen LogP) is 5.64. The van der Waals surface area contributed by atoms with E-state index >= 15 is 0 Å². The molecule has 3 aromatic rings. The minimum atomic E-state index is 0.269. The van der Waals surface area contributed by atoms with Crippen LogP contribution in [0.1, 0.15) is 11.1 Å². The number of phenols is 1. The number of aromatic hydroxyl groups is 1. The van der Waals surface area contributed by atoms with Crippen LogP contribution in [0.3, 0.4) is 0 Å². The average Bonchev–Trinajstić information content (AvgIpc) is 2.59. The van der Waals surface area contributed by atoms with E-state index in [1.165, 1.54) is 0 Å². The molecule has 0 bridgehead atoms. The van der Waals surface area contributed by atoms with Crippen LogP contribution in [-0.4, -0.2) is 10.2 Å². The molecular formula is C19H17N3OS. The van der Waals surface area contributed by atoms with E-state index in [0.29, 0.717) is 10.8 Å². The molecule has 4 nitrogen and oxygen atoms in total. The molecule has 0 saturated heterocycles. The van der Waals surface area contributed by atoms with Gasteiger partial charge >= 0.3 is 0 Å². The van der Waals surface area contributed by atoms with Crippen molar-refractivity contribution in [2.75, 3.05) is 5.32 Å². The second-order valence-electron chi connectivity index (χ2n) is 5.55. The van der Waals surface area contributed by atoms with E-state index < -0.39 is 0 Å². The summed E-state index contributed by atoms with van der Waals surface area (Å²) in [5, 5.41) is 23.5. The van der Waals surface area contributed by atoms with Gasteiger partial charge in [0, 0.05) is 16.5 Å². The summed E-state index contributed by atoms with van der Waals surface area (Å²) in [5.74, 6) is 0.269. The minimum absolute atomic E-state index is 0.269. The molecule has 0 spiro atoms. The van der Waals surface area contributed by atoms with Gasteiger partial charge in [0.05, 0.1) is 5.69 Å². The zero-order valence-corrected chi connectivity index (χ0v) is 14.3. The number of fused-ring (bicyclic) bond motifs is 1. The molecule has 0 aliphatic rings. The standard InChI is InChI=1S/C19H17N3OS/c1-12-7-3-6-10-16(12)20-19(24)22-21-17-11-13(2)18(23)15-9-5-4-8-14(15)17/h3-11,23H,1-2H3,(H,20,24). The third-order valence-electron chi connectivity index (χ3n) is 3.82. The molecule has 3 rings (SSSR count). The van der Waals surface area contributed by atoms with Crippen molar-refractivity contribution in [3.05, 3.63) is 65.7 Å². The largest absolute Gasteiger partial charge is 0.507 e. The first kappa shape index (κ1) is 16.1. The summed E-state index contributed by atoms with van der Waals surface area (Å²) < 4.78 is 0. The summed E-state index contributed by atoms with van der Waals surface area (Å²) >= 11 is 5.26. The van der Waals surface area contributed by atoms with E-state index in [9.17, 15) is 5.11 Å². The molecule has 0 aliphatic carbocycles. The highest BCUT2D eigenvalue weighted by atomic mass is 32.1. The Balaban J connectivity index is 1.90. The molecule has 2 N–H and O–H groups in total. The van der Waals surface area contributed by atoms with Crippen LogP contribution >= 0.6 is 12.2 Å². The van der Waals surface area contributed by atoms with Crippen LogP contribution in [0.4, 0.5) is 11.4 Å². The second-order valence-corrected chi connectivity index (χ2v) is 5.94. The van der Waals surface area contributed by atoms with Gasteiger partial charge in [-0.05, 0) is 49.3 Å². The Kier molecular flexibility index (Phi) is 4.53. The lowest BCUT2D eigenvalue weighted by atomic mass is 10.0. The van der Waals surface area contributed by atoms with Crippen LogP contribution in [0.15, 0.2) is 64.8 Å².